The second kappa shape index (κ2) is 7.70. The molecule has 0 saturated heterocycles. The predicted octanol–water partition coefficient (Wildman–Crippen LogP) is -0.283. The monoisotopic (exact) mass is 238 g/mol. The van der Waals surface area contributed by atoms with Gasteiger partial charge in [-0.25, -0.2) is 0 Å². The lowest BCUT2D eigenvalue weighted by atomic mass is 10.3. The van der Waals surface area contributed by atoms with Crippen LogP contribution in [0.25, 0.3) is 0 Å². The summed E-state index contributed by atoms with van der Waals surface area (Å²) in [7, 11) is 1.60. The minimum Gasteiger partial charge on any atom is -0.383 e. The van der Waals surface area contributed by atoms with Crippen LogP contribution in [-0.2, 0) is 16.1 Å². The first kappa shape index (κ1) is 13.5. The summed E-state index contributed by atoms with van der Waals surface area (Å²) < 4.78 is 4.85. The van der Waals surface area contributed by atoms with Crippen LogP contribution < -0.4 is 10.6 Å². The third kappa shape index (κ3) is 5.37. The number of nitrogens with one attached hydrogen (secondary N) is 2. The number of carbonyl (C=O) groups is 1. The Morgan fingerprint density at radius 2 is 2.41 bits per heavy atom. The van der Waals surface area contributed by atoms with Crippen LogP contribution in [0.15, 0.2) is 18.3 Å². The van der Waals surface area contributed by atoms with Gasteiger partial charge < -0.3 is 15.4 Å². The van der Waals surface area contributed by atoms with Gasteiger partial charge in [-0.05, 0) is 19.1 Å². The Labute approximate surface area is 101 Å². The maximum atomic E-state index is 11.6. The van der Waals surface area contributed by atoms with E-state index in [1.807, 2.05) is 12.1 Å². The normalized spacial score (nSPS) is 12.1. The molecule has 0 fully saturated rings. The Balaban J connectivity index is 2.24. The van der Waals surface area contributed by atoms with Crippen molar-refractivity contribution in [3.05, 3.63) is 24.0 Å². The summed E-state index contributed by atoms with van der Waals surface area (Å²) in [5.74, 6) is -0.0501. The van der Waals surface area contributed by atoms with Crippen molar-refractivity contribution in [3.8, 4) is 0 Å². The fourth-order valence-electron chi connectivity index (χ4n) is 1.21. The van der Waals surface area contributed by atoms with Gasteiger partial charge in [0, 0.05) is 26.4 Å². The fraction of sp³-hybridized carbons (Fsp3) is 0.545. The smallest absolute Gasteiger partial charge is 0.236 e. The van der Waals surface area contributed by atoms with Gasteiger partial charge in [0.2, 0.25) is 5.91 Å². The molecule has 0 aliphatic heterocycles. The van der Waals surface area contributed by atoms with E-state index in [2.05, 4.69) is 20.8 Å². The Kier molecular flexibility index (Phi) is 6.13. The third-order valence-electron chi connectivity index (χ3n) is 2.22. The van der Waals surface area contributed by atoms with Crippen LogP contribution in [0.5, 0.6) is 0 Å². The number of aromatic nitrogens is 2. The second-order valence-corrected chi connectivity index (χ2v) is 3.60. The van der Waals surface area contributed by atoms with E-state index in [9.17, 15) is 4.79 Å². The van der Waals surface area contributed by atoms with Gasteiger partial charge >= 0.3 is 0 Å². The highest BCUT2D eigenvalue weighted by Gasteiger charge is 2.11. The SMILES string of the molecule is COCCNC(=O)C(C)NCc1cccnn1. The van der Waals surface area contributed by atoms with E-state index < -0.39 is 0 Å². The Bertz CT molecular complexity index is 332. The maximum absolute atomic E-state index is 11.6. The van der Waals surface area contributed by atoms with Crippen LogP contribution in [0.1, 0.15) is 12.6 Å². The number of rotatable bonds is 7. The van der Waals surface area contributed by atoms with Gasteiger partial charge in [0.1, 0.15) is 0 Å². The van der Waals surface area contributed by atoms with Crippen LogP contribution in [0.2, 0.25) is 0 Å². The highest BCUT2D eigenvalue weighted by molar-refractivity contribution is 5.81. The van der Waals surface area contributed by atoms with Crippen molar-refractivity contribution in [1.29, 1.82) is 0 Å². The molecule has 0 aromatic carbocycles. The third-order valence-corrected chi connectivity index (χ3v) is 2.22. The van der Waals surface area contributed by atoms with Crippen molar-refractivity contribution >= 4 is 5.91 Å². The van der Waals surface area contributed by atoms with E-state index in [1.54, 1.807) is 20.2 Å². The molecule has 6 heteroatoms. The van der Waals surface area contributed by atoms with Crippen molar-refractivity contribution in [2.75, 3.05) is 20.3 Å². The van der Waals surface area contributed by atoms with Crippen molar-refractivity contribution in [2.45, 2.75) is 19.5 Å². The average Bonchev–Trinajstić information content (AvgIpc) is 2.37. The molecule has 0 spiro atoms. The lowest BCUT2D eigenvalue weighted by molar-refractivity contribution is -0.122. The molecule has 1 heterocycles. The zero-order chi connectivity index (χ0) is 12.5. The van der Waals surface area contributed by atoms with Gasteiger partial charge in [-0.3, -0.25) is 4.79 Å². The van der Waals surface area contributed by atoms with Gasteiger partial charge in [0.25, 0.3) is 0 Å². The molecule has 1 amide bonds. The molecule has 1 rings (SSSR count). The molecule has 0 saturated carbocycles. The molecule has 17 heavy (non-hydrogen) atoms. The van der Waals surface area contributed by atoms with E-state index in [-0.39, 0.29) is 11.9 Å². The summed E-state index contributed by atoms with van der Waals surface area (Å²) in [6.07, 6.45) is 1.62. The highest BCUT2D eigenvalue weighted by atomic mass is 16.5. The number of nitrogens with zero attached hydrogens (tertiary/aromatic N) is 2. The number of hydrogen-bond acceptors (Lipinski definition) is 5. The van der Waals surface area contributed by atoms with Gasteiger partial charge in [-0.15, -0.1) is 0 Å². The molecule has 0 aliphatic rings. The van der Waals surface area contributed by atoms with Gasteiger partial charge in [0.05, 0.1) is 18.3 Å². The fourth-order valence-corrected chi connectivity index (χ4v) is 1.21. The lowest BCUT2D eigenvalue weighted by Crippen LogP contribution is -2.42. The Morgan fingerprint density at radius 3 is 3.06 bits per heavy atom. The molecule has 0 aliphatic carbocycles. The van der Waals surface area contributed by atoms with Gasteiger partial charge in [0.15, 0.2) is 0 Å². The Hall–Kier alpha value is -1.53. The minimum absolute atomic E-state index is 0.0501. The van der Waals surface area contributed by atoms with Crippen LogP contribution in [0, 0.1) is 0 Å². The standard InChI is InChI=1S/C11H18N4O2/c1-9(11(16)12-6-7-17-2)13-8-10-4-3-5-14-15-10/h3-5,9,13H,6-8H2,1-2H3,(H,12,16). The summed E-state index contributed by atoms with van der Waals surface area (Å²) in [6, 6.07) is 3.40. The van der Waals surface area contributed by atoms with Gasteiger partial charge in [-0.1, -0.05) is 0 Å². The van der Waals surface area contributed by atoms with Crippen LogP contribution in [0.4, 0.5) is 0 Å². The second-order valence-electron chi connectivity index (χ2n) is 3.60. The molecule has 2 N–H and O–H groups in total. The number of ether oxygens (including phenoxy) is 1. The van der Waals surface area contributed by atoms with E-state index in [0.717, 1.165) is 5.69 Å². The zero-order valence-electron chi connectivity index (χ0n) is 10.1. The first-order valence-electron chi connectivity index (χ1n) is 5.50. The highest BCUT2D eigenvalue weighted by Crippen LogP contribution is 1.91. The van der Waals surface area contributed by atoms with E-state index in [1.165, 1.54) is 0 Å². The zero-order valence-corrected chi connectivity index (χ0v) is 10.1. The molecule has 1 aromatic rings. The molecule has 0 radical (unpaired) electrons. The number of methoxy groups -OCH3 is 1. The maximum Gasteiger partial charge on any atom is 0.236 e. The first-order valence-corrected chi connectivity index (χ1v) is 5.50. The lowest BCUT2D eigenvalue weighted by Gasteiger charge is -2.13. The molecular weight excluding hydrogens is 220 g/mol. The van der Waals surface area contributed by atoms with Gasteiger partial charge in [-0.2, -0.15) is 10.2 Å². The summed E-state index contributed by atoms with van der Waals surface area (Å²) in [5.41, 5.74) is 0.809. The van der Waals surface area contributed by atoms with Crippen LogP contribution in [0.3, 0.4) is 0 Å². The van der Waals surface area contributed by atoms with Crippen molar-refractivity contribution < 1.29 is 9.53 Å². The molecule has 0 bridgehead atoms. The molecule has 1 aromatic heterocycles. The Morgan fingerprint density at radius 1 is 1.59 bits per heavy atom. The van der Waals surface area contributed by atoms with Crippen molar-refractivity contribution in [3.63, 3.8) is 0 Å². The molecule has 94 valence electrons. The summed E-state index contributed by atoms with van der Waals surface area (Å²) in [6.45, 7) is 3.36. The predicted molar refractivity (Wildman–Crippen MR) is 63.2 cm³/mol. The summed E-state index contributed by atoms with van der Waals surface area (Å²) in [5, 5.41) is 13.5. The number of carbonyl (C=O) groups excluding carboxylic acids is 1. The summed E-state index contributed by atoms with van der Waals surface area (Å²) >= 11 is 0. The number of amides is 1. The summed E-state index contributed by atoms with van der Waals surface area (Å²) in [4.78, 5) is 11.6. The van der Waals surface area contributed by atoms with Crippen LogP contribution >= 0.6 is 0 Å². The molecule has 1 unspecified atom stereocenters. The van der Waals surface area contributed by atoms with E-state index in [4.69, 9.17) is 4.74 Å². The van der Waals surface area contributed by atoms with Crippen molar-refractivity contribution in [1.82, 2.24) is 20.8 Å². The minimum atomic E-state index is -0.270. The average molecular weight is 238 g/mol. The molecule has 6 nitrogen and oxygen atoms in total. The van der Waals surface area contributed by atoms with E-state index >= 15 is 0 Å². The topological polar surface area (TPSA) is 76.1 Å². The first-order chi connectivity index (χ1) is 8.24. The quantitative estimate of drug-likeness (QED) is 0.639. The van der Waals surface area contributed by atoms with Crippen molar-refractivity contribution in [2.24, 2.45) is 0 Å². The number of hydrogen-bond donors (Lipinski definition) is 2. The molecular formula is C11H18N4O2. The largest absolute Gasteiger partial charge is 0.383 e. The van der Waals surface area contributed by atoms with Crippen LogP contribution in [-0.4, -0.2) is 42.4 Å². The van der Waals surface area contributed by atoms with E-state index in [0.29, 0.717) is 19.7 Å². The molecule has 1 atom stereocenters.